The smallest absolute Gasteiger partial charge is 0.330 e. The second-order valence-electron chi connectivity index (χ2n) is 8.30. The van der Waals surface area contributed by atoms with Crippen molar-refractivity contribution in [1.82, 2.24) is 0 Å². The topological polar surface area (TPSA) is 26.3 Å². The van der Waals surface area contributed by atoms with Crippen LogP contribution in [0.25, 0.3) is 0 Å². The summed E-state index contributed by atoms with van der Waals surface area (Å²) >= 11 is 0. The standard InChI is InChI=1S/C16H24O2/c1-5-12(17)18-16-9-13(2)6-14(3,10-16)8-15(4,7-13)11-16/h5H,1,6-11H2,2-4H3. The molecule has 0 amide bonds. The van der Waals surface area contributed by atoms with Crippen molar-refractivity contribution in [3.63, 3.8) is 0 Å². The van der Waals surface area contributed by atoms with E-state index in [1.165, 1.54) is 25.3 Å². The third-order valence-electron chi connectivity index (χ3n) is 5.29. The molecule has 0 heterocycles. The highest BCUT2D eigenvalue weighted by Gasteiger charge is 2.65. The van der Waals surface area contributed by atoms with Gasteiger partial charge in [0, 0.05) is 6.08 Å². The Hall–Kier alpha value is -0.790. The van der Waals surface area contributed by atoms with Crippen LogP contribution in [0.3, 0.4) is 0 Å². The highest BCUT2D eigenvalue weighted by atomic mass is 16.6. The lowest BCUT2D eigenvalue weighted by Gasteiger charge is -2.68. The van der Waals surface area contributed by atoms with Gasteiger partial charge in [-0.05, 0) is 54.8 Å². The van der Waals surface area contributed by atoms with Gasteiger partial charge in [-0.3, -0.25) is 0 Å². The van der Waals surface area contributed by atoms with Crippen molar-refractivity contribution in [3.8, 4) is 0 Å². The van der Waals surface area contributed by atoms with Crippen LogP contribution in [0.2, 0.25) is 0 Å². The van der Waals surface area contributed by atoms with Gasteiger partial charge >= 0.3 is 5.97 Å². The minimum absolute atomic E-state index is 0.210. The van der Waals surface area contributed by atoms with Crippen molar-refractivity contribution < 1.29 is 9.53 Å². The summed E-state index contributed by atoms with van der Waals surface area (Å²) in [6.07, 6.45) is 8.33. The average molecular weight is 248 g/mol. The van der Waals surface area contributed by atoms with Gasteiger partial charge in [0.2, 0.25) is 0 Å². The van der Waals surface area contributed by atoms with Gasteiger partial charge in [-0.15, -0.1) is 0 Å². The summed E-state index contributed by atoms with van der Waals surface area (Å²) in [7, 11) is 0. The van der Waals surface area contributed by atoms with Crippen LogP contribution < -0.4 is 0 Å². The third kappa shape index (κ3) is 1.72. The number of esters is 1. The number of rotatable bonds is 2. The van der Waals surface area contributed by atoms with E-state index in [-0.39, 0.29) is 11.6 Å². The van der Waals surface area contributed by atoms with Crippen LogP contribution >= 0.6 is 0 Å². The van der Waals surface area contributed by atoms with Crippen LogP contribution in [0.15, 0.2) is 12.7 Å². The highest BCUT2D eigenvalue weighted by Crippen LogP contribution is 2.71. The summed E-state index contributed by atoms with van der Waals surface area (Å²) in [4.78, 5) is 11.7. The number of carbonyl (C=O) groups excluding carboxylic acids is 1. The van der Waals surface area contributed by atoms with Gasteiger partial charge in [0.15, 0.2) is 0 Å². The van der Waals surface area contributed by atoms with Crippen molar-refractivity contribution in [2.45, 2.75) is 64.9 Å². The zero-order chi connectivity index (χ0) is 13.2. The maximum atomic E-state index is 11.7. The Labute approximate surface area is 110 Å². The Bertz CT molecular complexity index is 369. The molecular weight excluding hydrogens is 224 g/mol. The van der Waals surface area contributed by atoms with E-state index < -0.39 is 0 Å². The number of ether oxygens (including phenoxy) is 1. The van der Waals surface area contributed by atoms with Gasteiger partial charge in [0.05, 0.1) is 0 Å². The molecule has 4 rings (SSSR count). The maximum absolute atomic E-state index is 11.7. The first-order valence-electron chi connectivity index (χ1n) is 7.05. The first-order chi connectivity index (χ1) is 8.20. The monoisotopic (exact) mass is 248 g/mol. The predicted octanol–water partition coefficient (Wildman–Crippen LogP) is 3.85. The summed E-state index contributed by atoms with van der Waals surface area (Å²) in [5, 5.41) is 0. The quantitative estimate of drug-likeness (QED) is 0.548. The molecule has 0 aromatic carbocycles. The van der Waals surface area contributed by atoms with E-state index in [1.54, 1.807) is 0 Å². The Morgan fingerprint density at radius 2 is 1.33 bits per heavy atom. The first-order valence-corrected chi connectivity index (χ1v) is 7.05. The summed E-state index contributed by atoms with van der Waals surface area (Å²) < 4.78 is 5.84. The van der Waals surface area contributed by atoms with E-state index in [4.69, 9.17) is 4.74 Å². The molecule has 4 bridgehead atoms. The van der Waals surface area contributed by atoms with Crippen LogP contribution in [0, 0.1) is 16.2 Å². The SMILES string of the molecule is C=CC(=O)OC12CC3(C)CC(C)(CC(C)(C3)C1)C2. The zero-order valence-corrected chi connectivity index (χ0v) is 11.8. The second-order valence-corrected chi connectivity index (χ2v) is 8.30. The fourth-order valence-electron chi connectivity index (χ4n) is 6.54. The van der Waals surface area contributed by atoms with Crippen molar-refractivity contribution in [1.29, 1.82) is 0 Å². The van der Waals surface area contributed by atoms with E-state index >= 15 is 0 Å². The number of carbonyl (C=O) groups is 1. The van der Waals surface area contributed by atoms with Gasteiger partial charge in [-0.25, -0.2) is 4.79 Å². The first kappa shape index (κ1) is 12.3. The lowest BCUT2D eigenvalue weighted by Crippen LogP contribution is -2.63. The Morgan fingerprint density at radius 1 is 0.944 bits per heavy atom. The molecule has 0 saturated heterocycles. The van der Waals surface area contributed by atoms with E-state index in [0.29, 0.717) is 16.2 Å². The summed E-state index contributed by atoms with van der Waals surface area (Å²) in [5.41, 5.74) is 0.872. The van der Waals surface area contributed by atoms with Crippen molar-refractivity contribution >= 4 is 5.97 Å². The molecule has 100 valence electrons. The lowest BCUT2D eigenvalue weighted by molar-refractivity contribution is -0.233. The van der Waals surface area contributed by atoms with Crippen LogP contribution in [0.4, 0.5) is 0 Å². The molecule has 0 unspecified atom stereocenters. The molecule has 4 aliphatic rings. The fourth-order valence-corrected chi connectivity index (χ4v) is 6.54. The molecule has 0 aromatic rings. The molecule has 0 spiro atoms. The van der Waals surface area contributed by atoms with Crippen LogP contribution in [-0.4, -0.2) is 11.6 Å². The predicted molar refractivity (Wildman–Crippen MR) is 71.0 cm³/mol. The Balaban J connectivity index is 1.98. The number of hydrogen-bond acceptors (Lipinski definition) is 2. The normalized spacial score (nSPS) is 53.3. The summed E-state index contributed by atoms with van der Waals surface area (Å²) in [6, 6.07) is 0. The van der Waals surface area contributed by atoms with Gasteiger partial charge < -0.3 is 4.74 Å². The van der Waals surface area contributed by atoms with Gasteiger partial charge in [-0.1, -0.05) is 27.4 Å². The molecule has 4 saturated carbocycles. The minimum atomic E-state index is -0.243. The van der Waals surface area contributed by atoms with Crippen LogP contribution in [-0.2, 0) is 9.53 Å². The molecular formula is C16H24O2. The molecule has 0 aliphatic heterocycles. The summed E-state index contributed by atoms with van der Waals surface area (Å²) in [6.45, 7) is 10.7. The van der Waals surface area contributed by atoms with E-state index in [1.807, 2.05) is 0 Å². The molecule has 4 aliphatic carbocycles. The van der Waals surface area contributed by atoms with Crippen molar-refractivity contribution in [2.24, 2.45) is 16.2 Å². The van der Waals surface area contributed by atoms with Gasteiger partial charge in [0.1, 0.15) is 5.60 Å². The fraction of sp³-hybridized carbons (Fsp3) is 0.812. The molecule has 0 N–H and O–H groups in total. The summed E-state index contributed by atoms with van der Waals surface area (Å²) in [5.74, 6) is -0.243. The minimum Gasteiger partial charge on any atom is -0.456 e. The van der Waals surface area contributed by atoms with Crippen molar-refractivity contribution in [3.05, 3.63) is 12.7 Å². The van der Waals surface area contributed by atoms with E-state index in [9.17, 15) is 4.79 Å². The maximum Gasteiger partial charge on any atom is 0.330 e. The van der Waals surface area contributed by atoms with E-state index in [0.717, 1.165) is 19.3 Å². The average Bonchev–Trinajstić information content (AvgIpc) is 2.08. The largest absolute Gasteiger partial charge is 0.456 e. The molecule has 2 nitrogen and oxygen atoms in total. The molecule has 0 atom stereocenters. The Morgan fingerprint density at radius 3 is 1.67 bits per heavy atom. The van der Waals surface area contributed by atoms with Crippen molar-refractivity contribution in [2.75, 3.05) is 0 Å². The molecule has 0 radical (unpaired) electrons. The number of hydrogen-bond donors (Lipinski definition) is 0. The third-order valence-corrected chi connectivity index (χ3v) is 5.29. The molecule has 4 fully saturated rings. The van der Waals surface area contributed by atoms with Gasteiger partial charge in [-0.2, -0.15) is 0 Å². The van der Waals surface area contributed by atoms with Gasteiger partial charge in [0.25, 0.3) is 0 Å². The van der Waals surface area contributed by atoms with Crippen LogP contribution in [0.5, 0.6) is 0 Å². The molecule has 0 aromatic heterocycles. The van der Waals surface area contributed by atoms with E-state index in [2.05, 4.69) is 27.4 Å². The second kappa shape index (κ2) is 3.20. The lowest BCUT2D eigenvalue weighted by atomic mass is 9.39. The van der Waals surface area contributed by atoms with Crippen LogP contribution in [0.1, 0.15) is 59.3 Å². The highest BCUT2D eigenvalue weighted by molar-refractivity contribution is 5.81. The molecule has 2 heteroatoms. The molecule has 18 heavy (non-hydrogen) atoms. The zero-order valence-electron chi connectivity index (χ0n) is 11.8. The Kier molecular flexibility index (Phi) is 2.18.